The molecule has 9 nitrogen and oxygen atoms in total. The number of nitrogens with one attached hydrogen (secondary N) is 2. The number of ketones is 1. The van der Waals surface area contributed by atoms with Crippen LogP contribution in [0.5, 0.6) is 0 Å². The summed E-state index contributed by atoms with van der Waals surface area (Å²) in [5.41, 5.74) is 4.18. The minimum absolute atomic E-state index is 0.0164. The lowest BCUT2D eigenvalue weighted by Gasteiger charge is -2.27. The molecule has 0 unspecified atom stereocenters. The van der Waals surface area contributed by atoms with Crippen LogP contribution >= 0.6 is 0 Å². The summed E-state index contributed by atoms with van der Waals surface area (Å²) >= 11 is 0. The number of carbonyl (C=O) groups is 3. The lowest BCUT2D eigenvalue weighted by Crippen LogP contribution is -2.48. The van der Waals surface area contributed by atoms with Crippen LogP contribution in [0.4, 0.5) is 0 Å². The van der Waals surface area contributed by atoms with Crippen molar-refractivity contribution in [1.29, 1.82) is 0 Å². The average molecular weight is 517 g/mol. The molecule has 5 rings (SSSR count). The second-order valence-corrected chi connectivity index (χ2v) is 11.2. The molecule has 2 aliphatic rings. The molecule has 2 aromatic heterocycles. The van der Waals surface area contributed by atoms with Crippen LogP contribution in [-0.4, -0.2) is 61.3 Å². The van der Waals surface area contributed by atoms with Crippen LogP contribution in [0, 0.1) is 19.3 Å². The number of rotatable bonds is 9. The van der Waals surface area contributed by atoms with Crippen molar-refractivity contribution in [2.75, 3.05) is 6.54 Å². The Morgan fingerprint density at radius 1 is 1.16 bits per heavy atom. The number of aromatic nitrogens is 4. The maximum Gasteiger partial charge on any atom is 0.242 e. The molecule has 2 N–H and O–H groups in total. The minimum atomic E-state index is -0.475. The number of carbonyl (C=O) groups excluding carboxylic acids is 3. The summed E-state index contributed by atoms with van der Waals surface area (Å²) < 4.78 is 0. The Labute approximate surface area is 222 Å². The lowest BCUT2D eigenvalue weighted by atomic mass is 9.91. The number of aromatic amines is 1. The van der Waals surface area contributed by atoms with Crippen molar-refractivity contribution in [3.63, 3.8) is 0 Å². The second-order valence-electron chi connectivity index (χ2n) is 11.2. The summed E-state index contributed by atoms with van der Waals surface area (Å²) in [7, 11) is 0. The van der Waals surface area contributed by atoms with Crippen LogP contribution in [0.15, 0.2) is 18.5 Å². The summed E-state index contributed by atoms with van der Waals surface area (Å²) in [6, 6.07) is 1.56. The number of benzene rings is 1. The number of H-pyrrole nitrogens is 1. The van der Waals surface area contributed by atoms with Gasteiger partial charge in [-0.05, 0) is 61.3 Å². The third kappa shape index (κ3) is 4.59. The molecule has 1 saturated heterocycles. The Balaban J connectivity index is 1.53. The number of aryl methyl sites for hydroxylation is 2. The van der Waals surface area contributed by atoms with Gasteiger partial charge < -0.3 is 10.2 Å². The van der Waals surface area contributed by atoms with Crippen LogP contribution < -0.4 is 5.32 Å². The van der Waals surface area contributed by atoms with Gasteiger partial charge in [0, 0.05) is 42.9 Å². The number of unbranched alkanes of at least 4 members (excludes halogenated alkanes) is 2. The SMILES string of the molecule is CCCCCNC(=O)[C@@H]1C[C@@]2(C)C[C@H]2N1C(=O)Cc1c(-c2cnc(C)nc2)cc(C)c2n[nH]c(C(C)=O)c12. The van der Waals surface area contributed by atoms with Crippen molar-refractivity contribution in [3.05, 3.63) is 41.1 Å². The summed E-state index contributed by atoms with van der Waals surface area (Å²) in [5, 5.41) is 11.0. The van der Waals surface area contributed by atoms with Gasteiger partial charge in [0.15, 0.2) is 5.78 Å². The highest BCUT2D eigenvalue weighted by molar-refractivity contribution is 6.09. The van der Waals surface area contributed by atoms with E-state index in [-0.39, 0.29) is 35.5 Å². The number of hydrogen-bond donors (Lipinski definition) is 2. The van der Waals surface area contributed by atoms with E-state index in [4.69, 9.17) is 0 Å². The summed E-state index contributed by atoms with van der Waals surface area (Å²) in [5.74, 6) is 0.310. The van der Waals surface area contributed by atoms with Crippen molar-refractivity contribution in [2.24, 2.45) is 5.41 Å². The zero-order valence-electron chi connectivity index (χ0n) is 22.9. The molecule has 1 saturated carbocycles. The molecule has 9 heteroatoms. The van der Waals surface area contributed by atoms with E-state index >= 15 is 0 Å². The molecule has 2 amide bonds. The predicted octanol–water partition coefficient (Wildman–Crippen LogP) is 4.07. The highest BCUT2D eigenvalue weighted by Gasteiger charge is 2.64. The van der Waals surface area contributed by atoms with E-state index in [2.05, 4.69) is 39.3 Å². The van der Waals surface area contributed by atoms with Gasteiger partial charge in [0.05, 0.1) is 11.9 Å². The summed E-state index contributed by atoms with van der Waals surface area (Å²) in [4.78, 5) is 50.3. The Hall–Kier alpha value is -3.62. The van der Waals surface area contributed by atoms with Gasteiger partial charge in [-0.15, -0.1) is 0 Å². The first-order valence-corrected chi connectivity index (χ1v) is 13.5. The Kier molecular flexibility index (Phi) is 6.79. The summed E-state index contributed by atoms with van der Waals surface area (Å²) in [6.07, 6.45) is 8.19. The maximum absolute atomic E-state index is 14.1. The highest BCUT2D eigenvalue weighted by atomic mass is 16.2. The largest absolute Gasteiger partial charge is 0.354 e. The molecule has 1 aromatic carbocycles. The number of nitrogens with zero attached hydrogens (tertiary/aromatic N) is 4. The third-order valence-corrected chi connectivity index (χ3v) is 8.21. The fourth-order valence-electron chi connectivity index (χ4n) is 5.96. The van der Waals surface area contributed by atoms with E-state index in [0.29, 0.717) is 41.0 Å². The molecular weight excluding hydrogens is 480 g/mol. The van der Waals surface area contributed by atoms with Gasteiger partial charge in [-0.2, -0.15) is 5.10 Å². The van der Waals surface area contributed by atoms with Crippen molar-refractivity contribution >= 4 is 28.5 Å². The van der Waals surface area contributed by atoms with Crippen molar-refractivity contribution in [2.45, 2.75) is 85.2 Å². The molecule has 200 valence electrons. The van der Waals surface area contributed by atoms with Gasteiger partial charge in [0.25, 0.3) is 0 Å². The average Bonchev–Trinajstić information content (AvgIpc) is 3.22. The molecule has 3 aromatic rings. The van der Waals surface area contributed by atoms with Gasteiger partial charge >= 0.3 is 0 Å². The first-order chi connectivity index (χ1) is 18.1. The smallest absolute Gasteiger partial charge is 0.242 e. The molecule has 38 heavy (non-hydrogen) atoms. The van der Waals surface area contributed by atoms with Crippen molar-refractivity contribution in [3.8, 4) is 11.1 Å². The van der Waals surface area contributed by atoms with Gasteiger partial charge in [-0.25, -0.2) is 9.97 Å². The van der Waals surface area contributed by atoms with Crippen LogP contribution in [-0.2, 0) is 16.0 Å². The second kappa shape index (κ2) is 9.93. The highest BCUT2D eigenvalue weighted by Crippen LogP contribution is 2.59. The standard InChI is InChI=1S/C29H36N6O3/c1-6-7-8-9-30-28(38)22-12-29(5)13-23(29)35(22)24(37)11-21-20(19-14-31-18(4)32-15-19)10-16(2)26-25(21)27(17(3)36)34-33-26/h10,14-15,22-23H,6-9,11-13H2,1-5H3,(H,30,38)(H,33,34)/t22-,23+,29-/m0/s1. The van der Waals surface area contributed by atoms with Gasteiger partial charge in [0.2, 0.25) is 11.8 Å². The fourth-order valence-corrected chi connectivity index (χ4v) is 5.96. The van der Waals surface area contributed by atoms with E-state index in [1.165, 1.54) is 6.92 Å². The quantitative estimate of drug-likeness (QED) is 0.327. The van der Waals surface area contributed by atoms with E-state index in [9.17, 15) is 14.4 Å². The van der Waals surface area contributed by atoms with E-state index in [1.54, 1.807) is 12.4 Å². The zero-order valence-corrected chi connectivity index (χ0v) is 22.9. The number of piperidine rings is 1. The number of Topliss-reactive ketones (excluding diaryl/α,β-unsaturated/α-hetero) is 1. The molecule has 1 aliphatic carbocycles. The molecule has 0 bridgehead atoms. The van der Waals surface area contributed by atoms with Gasteiger partial charge in [0.1, 0.15) is 17.6 Å². The van der Waals surface area contributed by atoms with Crippen molar-refractivity contribution in [1.82, 2.24) is 30.4 Å². The van der Waals surface area contributed by atoms with Crippen LogP contribution in [0.3, 0.4) is 0 Å². The predicted molar refractivity (Wildman–Crippen MR) is 145 cm³/mol. The fraction of sp³-hybridized carbons (Fsp3) is 0.517. The van der Waals surface area contributed by atoms with Gasteiger partial charge in [-0.1, -0.05) is 26.7 Å². The topological polar surface area (TPSA) is 121 Å². The normalized spacial score (nSPS) is 22.0. The number of amides is 2. The minimum Gasteiger partial charge on any atom is -0.354 e. The molecule has 0 radical (unpaired) electrons. The zero-order chi connectivity index (χ0) is 27.2. The lowest BCUT2D eigenvalue weighted by molar-refractivity contribution is -0.139. The van der Waals surface area contributed by atoms with E-state index in [1.807, 2.05) is 24.8 Å². The monoisotopic (exact) mass is 516 g/mol. The number of likely N-dealkylation sites (tertiary alicyclic amines) is 1. The summed E-state index contributed by atoms with van der Waals surface area (Å²) in [6.45, 7) is 10.2. The van der Waals surface area contributed by atoms with Crippen molar-refractivity contribution < 1.29 is 14.4 Å². The van der Waals surface area contributed by atoms with Crippen LogP contribution in [0.25, 0.3) is 22.0 Å². The first-order valence-electron chi connectivity index (χ1n) is 13.5. The molecule has 3 heterocycles. The molecule has 2 fully saturated rings. The first kappa shape index (κ1) is 26.0. The number of hydrogen-bond acceptors (Lipinski definition) is 6. The van der Waals surface area contributed by atoms with Crippen LogP contribution in [0.2, 0.25) is 0 Å². The molecule has 1 aliphatic heterocycles. The molecule has 0 spiro atoms. The Morgan fingerprint density at radius 3 is 2.58 bits per heavy atom. The van der Waals surface area contributed by atoms with Crippen LogP contribution in [0.1, 0.15) is 80.3 Å². The molecule has 3 atom stereocenters. The van der Waals surface area contributed by atoms with E-state index < -0.39 is 6.04 Å². The maximum atomic E-state index is 14.1. The third-order valence-electron chi connectivity index (χ3n) is 8.21. The van der Waals surface area contributed by atoms with E-state index in [0.717, 1.165) is 42.4 Å². The van der Waals surface area contributed by atoms with Gasteiger partial charge in [-0.3, -0.25) is 19.5 Å². The Morgan fingerprint density at radius 2 is 1.89 bits per heavy atom. The molecular formula is C29H36N6O3. The Bertz CT molecular complexity index is 1410. The number of fused-ring (bicyclic) bond motifs is 2.